The van der Waals surface area contributed by atoms with E-state index in [9.17, 15) is 0 Å². The molecule has 3 nitrogen and oxygen atoms in total. The van der Waals surface area contributed by atoms with Crippen molar-refractivity contribution in [3.63, 3.8) is 0 Å². The lowest BCUT2D eigenvalue weighted by Gasteiger charge is -2.02. The van der Waals surface area contributed by atoms with Crippen LogP contribution in [0.15, 0.2) is 28.9 Å². The second-order valence-corrected chi connectivity index (χ2v) is 4.90. The molecule has 0 amide bonds. The molecule has 0 atom stereocenters. The van der Waals surface area contributed by atoms with E-state index in [1.807, 2.05) is 35.9 Å². The van der Waals surface area contributed by atoms with E-state index in [4.69, 9.17) is 16.7 Å². The molecule has 2 aromatic rings. The Morgan fingerprint density at radius 2 is 2.00 bits per heavy atom. The molecule has 0 spiro atoms. The largest absolute Gasteiger partial charge is 0.396 e. The Balaban J connectivity index is 2.45. The van der Waals surface area contributed by atoms with Gasteiger partial charge in [-0.05, 0) is 40.2 Å². The normalized spacial score (nSPS) is 10.8. The van der Waals surface area contributed by atoms with Crippen molar-refractivity contribution in [3.8, 4) is 11.4 Å². The van der Waals surface area contributed by atoms with Gasteiger partial charge in [0.2, 0.25) is 0 Å². The molecule has 1 N–H and O–H groups in total. The van der Waals surface area contributed by atoms with Gasteiger partial charge in [-0.15, -0.1) is 0 Å². The number of imidazole rings is 1. The molecule has 1 aromatic heterocycles. The van der Waals surface area contributed by atoms with Gasteiger partial charge in [0.1, 0.15) is 10.4 Å². The molecule has 17 heavy (non-hydrogen) atoms. The molecule has 0 bridgehead atoms. The molecule has 90 valence electrons. The van der Waals surface area contributed by atoms with Crippen LogP contribution in [-0.2, 0) is 13.5 Å². The Kier molecular flexibility index (Phi) is 3.86. The van der Waals surface area contributed by atoms with Crippen LogP contribution in [0, 0.1) is 0 Å². The molecular formula is C12H12BrClN2O. The van der Waals surface area contributed by atoms with Crippen LogP contribution < -0.4 is 0 Å². The maximum Gasteiger partial charge on any atom is 0.140 e. The minimum atomic E-state index is 0.0929. The molecule has 0 aliphatic carbocycles. The fourth-order valence-electron chi connectivity index (χ4n) is 1.66. The fraction of sp³-hybridized carbons (Fsp3) is 0.250. The van der Waals surface area contributed by atoms with Crippen molar-refractivity contribution >= 4 is 27.5 Å². The predicted octanol–water partition coefficient (Wildman–Crippen LogP) is 3.04. The number of nitrogens with zero attached hydrogens (tertiary/aromatic N) is 2. The van der Waals surface area contributed by atoms with Gasteiger partial charge in [-0.25, -0.2) is 4.98 Å². The summed E-state index contributed by atoms with van der Waals surface area (Å²) in [7, 11) is 1.93. The summed E-state index contributed by atoms with van der Waals surface area (Å²) < 4.78 is 2.85. The molecule has 0 aliphatic rings. The first kappa shape index (κ1) is 12.6. The Morgan fingerprint density at radius 1 is 1.35 bits per heavy atom. The van der Waals surface area contributed by atoms with Crippen molar-refractivity contribution in [2.24, 2.45) is 7.05 Å². The average molecular weight is 316 g/mol. The molecule has 0 radical (unpaired) electrons. The molecule has 5 heteroatoms. The quantitative estimate of drug-likeness (QED) is 0.945. The van der Waals surface area contributed by atoms with Crippen molar-refractivity contribution in [3.05, 3.63) is 39.6 Å². The van der Waals surface area contributed by atoms with E-state index in [2.05, 4.69) is 20.9 Å². The second-order valence-electron chi connectivity index (χ2n) is 3.71. The molecule has 1 aromatic carbocycles. The van der Waals surface area contributed by atoms with Gasteiger partial charge in [0.05, 0.1) is 5.69 Å². The molecule has 0 aliphatic heterocycles. The molecule has 2 rings (SSSR count). The van der Waals surface area contributed by atoms with Crippen LogP contribution in [0.2, 0.25) is 5.02 Å². The number of aromatic nitrogens is 2. The summed E-state index contributed by atoms with van der Waals surface area (Å²) in [5.41, 5.74) is 1.86. The second kappa shape index (κ2) is 5.21. The molecule has 0 saturated carbocycles. The van der Waals surface area contributed by atoms with E-state index in [-0.39, 0.29) is 6.61 Å². The van der Waals surface area contributed by atoms with Crippen molar-refractivity contribution in [1.82, 2.24) is 9.55 Å². The summed E-state index contributed by atoms with van der Waals surface area (Å²) in [6.07, 6.45) is 0.544. The Hall–Kier alpha value is -0.840. The lowest BCUT2D eigenvalue weighted by Crippen LogP contribution is -1.93. The van der Waals surface area contributed by atoms with Crippen LogP contribution in [0.4, 0.5) is 0 Å². The van der Waals surface area contributed by atoms with E-state index in [0.29, 0.717) is 11.4 Å². The number of aliphatic hydroxyl groups is 1. The van der Waals surface area contributed by atoms with E-state index in [1.54, 1.807) is 0 Å². The van der Waals surface area contributed by atoms with Crippen LogP contribution in [0.3, 0.4) is 0 Å². The Bertz CT molecular complexity index is 522. The lowest BCUT2D eigenvalue weighted by atomic mass is 10.2. The summed E-state index contributed by atoms with van der Waals surface area (Å²) in [4.78, 5) is 4.51. The summed E-state index contributed by atoms with van der Waals surface area (Å²) >= 11 is 9.33. The summed E-state index contributed by atoms with van der Waals surface area (Å²) in [5, 5.41) is 9.67. The predicted molar refractivity (Wildman–Crippen MR) is 72.1 cm³/mol. The number of benzene rings is 1. The van der Waals surface area contributed by atoms with Crippen LogP contribution in [-0.4, -0.2) is 21.3 Å². The van der Waals surface area contributed by atoms with E-state index < -0.39 is 0 Å². The van der Waals surface area contributed by atoms with Gasteiger partial charge in [0, 0.05) is 30.7 Å². The van der Waals surface area contributed by atoms with Gasteiger partial charge >= 0.3 is 0 Å². The SMILES string of the molecule is Cn1c(-c2ccc(Cl)cc2)nc(CCO)c1Br. The zero-order chi connectivity index (χ0) is 12.4. The summed E-state index contributed by atoms with van der Waals surface area (Å²) in [5.74, 6) is 0.858. The molecular weight excluding hydrogens is 304 g/mol. The number of hydrogen-bond donors (Lipinski definition) is 1. The number of hydrogen-bond acceptors (Lipinski definition) is 2. The zero-order valence-electron chi connectivity index (χ0n) is 9.32. The van der Waals surface area contributed by atoms with Gasteiger partial charge in [-0.1, -0.05) is 11.6 Å². The van der Waals surface area contributed by atoms with Crippen LogP contribution in [0.1, 0.15) is 5.69 Å². The van der Waals surface area contributed by atoms with Crippen LogP contribution in [0.25, 0.3) is 11.4 Å². The van der Waals surface area contributed by atoms with E-state index >= 15 is 0 Å². The van der Waals surface area contributed by atoms with Crippen molar-refractivity contribution < 1.29 is 5.11 Å². The first-order chi connectivity index (χ1) is 8.13. The molecule has 0 saturated heterocycles. The Labute approximate surface area is 113 Å². The van der Waals surface area contributed by atoms with Gasteiger partial charge in [-0.2, -0.15) is 0 Å². The topological polar surface area (TPSA) is 38.0 Å². The maximum absolute atomic E-state index is 8.96. The minimum absolute atomic E-state index is 0.0929. The average Bonchev–Trinajstić information content (AvgIpc) is 2.59. The fourth-order valence-corrected chi connectivity index (χ4v) is 2.24. The number of halogens is 2. The van der Waals surface area contributed by atoms with Crippen molar-refractivity contribution in [2.45, 2.75) is 6.42 Å². The van der Waals surface area contributed by atoms with Crippen LogP contribution >= 0.6 is 27.5 Å². The first-order valence-electron chi connectivity index (χ1n) is 5.21. The first-order valence-corrected chi connectivity index (χ1v) is 6.38. The number of aliphatic hydroxyl groups excluding tert-OH is 1. The highest BCUT2D eigenvalue weighted by molar-refractivity contribution is 9.10. The Morgan fingerprint density at radius 3 is 2.59 bits per heavy atom. The molecule has 0 fully saturated rings. The maximum atomic E-state index is 8.96. The highest BCUT2D eigenvalue weighted by Crippen LogP contribution is 2.26. The lowest BCUT2D eigenvalue weighted by molar-refractivity contribution is 0.298. The van der Waals surface area contributed by atoms with Gasteiger partial charge in [0.15, 0.2) is 0 Å². The highest BCUT2D eigenvalue weighted by Gasteiger charge is 2.13. The van der Waals surface area contributed by atoms with Gasteiger partial charge in [-0.3, -0.25) is 0 Å². The number of rotatable bonds is 3. The summed E-state index contributed by atoms with van der Waals surface area (Å²) in [6.45, 7) is 0.0929. The third kappa shape index (κ3) is 2.54. The summed E-state index contributed by atoms with van der Waals surface area (Å²) in [6, 6.07) is 7.54. The zero-order valence-corrected chi connectivity index (χ0v) is 11.7. The van der Waals surface area contributed by atoms with Crippen molar-refractivity contribution in [1.29, 1.82) is 0 Å². The van der Waals surface area contributed by atoms with Gasteiger partial charge in [0.25, 0.3) is 0 Å². The minimum Gasteiger partial charge on any atom is -0.396 e. The van der Waals surface area contributed by atoms with E-state index in [1.165, 1.54) is 0 Å². The highest BCUT2D eigenvalue weighted by atomic mass is 79.9. The molecule has 1 heterocycles. The molecule has 0 unspecified atom stereocenters. The van der Waals surface area contributed by atoms with Gasteiger partial charge < -0.3 is 9.67 Å². The standard InChI is InChI=1S/C12H12BrClN2O/c1-16-11(13)10(6-7-17)15-12(16)8-2-4-9(14)5-3-8/h2-5,17H,6-7H2,1H3. The van der Waals surface area contributed by atoms with E-state index in [0.717, 1.165) is 21.7 Å². The van der Waals surface area contributed by atoms with Crippen molar-refractivity contribution in [2.75, 3.05) is 6.61 Å². The monoisotopic (exact) mass is 314 g/mol. The third-order valence-electron chi connectivity index (χ3n) is 2.54. The third-order valence-corrected chi connectivity index (χ3v) is 3.78. The smallest absolute Gasteiger partial charge is 0.140 e. The van der Waals surface area contributed by atoms with Crippen LogP contribution in [0.5, 0.6) is 0 Å².